The van der Waals surface area contributed by atoms with Gasteiger partial charge >= 0.3 is 0 Å². The number of halogens is 2. The predicted molar refractivity (Wildman–Crippen MR) is 107 cm³/mol. The highest BCUT2D eigenvalue weighted by Gasteiger charge is 2.12. The number of hydrogen-bond donors (Lipinski definition) is 1. The van der Waals surface area contributed by atoms with Gasteiger partial charge in [0.1, 0.15) is 5.75 Å². The van der Waals surface area contributed by atoms with Crippen molar-refractivity contribution in [3.8, 4) is 11.4 Å². The van der Waals surface area contributed by atoms with Crippen molar-refractivity contribution in [1.82, 2.24) is 9.99 Å². The summed E-state index contributed by atoms with van der Waals surface area (Å²) in [6, 6.07) is 16.4. The summed E-state index contributed by atoms with van der Waals surface area (Å²) in [5, 5.41) is 4.73. The van der Waals surface area contributed by atoms with E-state index >= 15 is 0 Å². The average Bonchev–Trinajstić information content (AvgIpc) is 3.10. The summed E-state index contributed by atoms with van der Waals surface area (Å²) in [6.45, 7) is 0. The topological polar surface area (TPSA) is 55.6 Å². The number of carbonyl (C=O) groups is 1. The third kappa shape index (κ3) is 4.15. The zero-order chi connectivity index (χ0) is 18.5. The summed E-state index contributed by atoms with van der Waals surface area (Å²) < 4.78 is 7.93. The SMILES string of the molecule is COc1ccc(Br)cc1C(=O)N/N=C\c1cccn1-c1ccc(Cl)cc1. The standard InChI is InChI=1S/C19H15BrClN3O2/c1-26-18-9-4-13(20)11-17(18)19(25)23-22-12-16-3-2-10-24(16)15-7-5-14(21)6-8-15/h2-12H,1H3,(H,23,25)/b22-12-. The lowest BCUT2D eigenvalue weighted by Gasteiger charge is -2.08. The van der Waals surface area contributed by atoms with Crippen LogP contribution < -0.4 is 10.2 Å². The second-order valence-electron chi connectivity index (χ2n) is 5.32. The lowest BCUT2D eigenvalue weighted by atomic mass is 10.2. The van der Waals surface area contributed by atoms with Gasteiger partial charge in [0.05, 0.1) is 24.6 Å². The van der Waals surface area contributed by atoms with Crippen molar-refractivity contribution in [2.75, 3.05) is 7.11 Å². The van der Waals surface area contributed by atoms with Crippen LogP contribution in [-0.2, 0) is 0 Å². The molecule has 0 atom stereocenters. The molecule has 0 unspecified atom stereocenters. The molecule has 0 aliphatic carbocycles. The summed E-state index contributed by atoms with van der Waals surface area (Å²) in [5.41, 5.74) is 4.68. The molecular weight excluding hydrogens is 418 g/mol. The molecule has 1 amide bonds. The van der Waals surface area contributed by atoms with Gasteiger partial charge in [0.15, 0.2) is 0 Å². The first-order valence-corrected chi connectivity index (χ1v) is 8.86. The van der Waals surface area contributed by atoms with Crippen LogP contribution in [0, 0.1) is 0 Å². The number of rotatable bonds is 5. The van der Waals surface area contributed by atoms with E-state index in [2.05, 4.69) is 26.5 Å². The van der Waals surface area contributed by atoms with Crippen LogP contribution in [0.3, 0.4) is 0 Å². The number of methoxy groups -OCH3 is 1. The molecule has 0 aliphatic rings. The Hall–Kier alpha value is -2.57. The summed E-state index contributed by atoms with van der Waals surface area (Å²) in [7, 11) is 1.52. The molecular formula is C19H15BrClN3O2. The molecule has 0 spiro atoms. The molecule has 1 aromatic heterocycles. The van der Waals surface area contributed by atoms with E-state index in [0.717, 1.165) is 15.9 Å². The Balaban J connectivity index is 1.76. The van der Waals surface area contributed by atoms with Gasteiger partial charge in [0.25, 0.3) is 5.91 Å². The molecule has 3 rings (SSSR count). The Morgan fingerprint density at radius 2 is 2.00 bits per heavy atom. The Morgan fingerprint density at radius 1 is 1.23 bits per heavy atom. The number of nitrogens with zero attached hydrogens (tertiary/aromatic N) is 2. The predicted octanol–water partition coefficient (Wildman–Crippen LogP) is 4.67. The minimum absolute atomic E-state index is 0.357. The summed E-state index contributed by atoms with van der Waals surface area (Å²) in [4.78, 5) is 12.4. The number of carbonyl (C=O) groups excluding carboxylic acids is 1. The molecule has 3 aromatic rings. The second-order valence-corrected chi connectivity index (χ2v) is 6.68. The van der Waals surface area contributed by atoms with E-state index in [4.69, 9.17) is 16.3 Å². The Morgan fingerprint density at radius 3 is 2.73 bits per heavy atom. The lowest BCUT2D eigenvalue weighted by Crippen LogP contribution is -2.18. The molecule has 0 fully saturated rings. The molecule has 132 valence electrons. The first-order valence-electron chi connectivity index (χ1n) is 7.69. The first kappa shape index (κ1) is 18.2. The maximum Gasteiger partial charge on any atom is 0.275 e. The molecule has 7 heteroatoms. The molecule has 26 heavy (non-hydrogen) atoms. The largest absolute Gasteiger partial charge is 0.496 e. The molecule has 0 aliphatic heterocycles. The Labute approximate surface area is 164 Å². The van der Waals surface area contributed by atoms with Crippen molar-refractivity contribution in [1.29, 1.82) is 0 Å². The molecule has 1 heterocycles. The van der Waals surface area contributed by atoms with Crippen molar-refractivity contribution in [2.24, 2.45) is 5.10 Å². The van der Waals surface area contributed by atoms with Crippen molar-refractivity contribution >= 4 is 39.7 Å². The van der Waals surface area contributed by atoms with Gasteiger partial charge in [-0.1, -0.05) is 27.5 Å². The van der Waals surface area contributed by atoms with Crippen LogP contribution in [-0.4, -0.2) is 23.8 Å². The fourth-order valence-electron chi connectivity index (χ4n) is 2.41. The number of nitrogens with one attached hydrogen (secondary N) is 1. The van der Waals surface area contributed by atoms with Crippen LogP contribution in [0.2, 0.25) is 5.02 Å². The highest BCUT2D eigenvalue weighted by Crippen LogP contribution is 2.22. The number of aromatic nitrogens is 1. The van der Waals surface area contributed by atoms with Crippen LogP contribution in [0.25, 0.3) is 5.69 Å². The van der Waals surface area contributed by atoms with E-state index in [9.17, 15) is 4.79 Å². The molecule has 2 aromatic carbocycles. The fraction of sp³-hybridized carbons (Fsp3) is 0.0526. The summed E-state index contributed by atoms with van der Waals surface area (Å²) in [5.74, 6) is 0.120. The van der Waals surface area contributed by atoms with Gasteiger partial charge < -0.3 is 9.30 Å². The van der Waals surface area contributed by atoms with Crippen molar-refractivity contribution in [2.45, 2.75) is 0 Å². The monoisotopic (exact) mass is 431 g/mol. The zero-order valence-electron chi connectivity index (χ0n) is 13.8. The van der Waals surface area contributed by atoms with E-state index in [1.54, 1.807) is 24.4 Å². The Kier molecular flexibility index (Phi) is 5.75. The number of benzene rings is 2. The minimum atomic E-state index is -0.357. The number of ether oxygens (including phenoxy) is 1. The quantitative estimate of drug-likeness (QED) is 0.471. The molecule has 0 saturated carbocycles. The third-order valence-electron chi connectivity index (χ3n) is 3.65. The molecule has 0 saturated heterocycles. The molecule has 0 radical (unpaired) electrons. The normalized spacial score (nSPS) is 10.9. The molecule has 5 nitrogen and oxygen atoms in total. The average molecular weight is 433 g/mol. The van der Waals surface area contributed by atoms with Crippen molar-refractivity contribution in [3.63, 3.8) is 0 Å². The molecule has 0 bridgehead atoms. The van der Waals surface area contributed by atoms with E-state index in [1.165, 1.54) is 7.11 Å². The van der Waals surface area contributed by atoms with Gasteiger partial charge in [-0.2, -0.15) is 5.10 Å². The fourth-order valence-corrected chi connectivity index (χ4v) is 2.90. The minimum Gasteiger partial charge on any atom is -0.496 e. The van der Waals surface area contributed by atoms with Gasteiger partial charge in [-0.3, -0.25) is 4.79 Å². The van der Waals surface area contributed by atoms with Gasteiger partial charge in [-0.25, -0.2) is 5.43 Å². The maximum atomic E-state index is 12.4. The van der Waals surface area contributed by atoms with Crippen LogP contribution in [0.15, 0.2) is 70.4 Å². The zero-order valence-corrected chi connectivity index (χ0v) is 16.2. The number of hydrazone groups is 1. The van der Waals surface area contributed by atoms with E-state index in [0.29, 0.717) is 16.3 Å². The van der Waals surface area contributed by atoms with E-state index in [-0.39, 0.29) is 5.91 Å². The Bertz CT molecular complexity index is 952. The van der Waals surface area contributed by atoms with Crippen LogP contribution >= 0.6 is 27.5 Å². The lowest BCUT2D eigenvalue weighted by molar-refractivity contribution is 0.0952. The van der Waals surface area contributed by atoms with Crippen LogP contribution in [0.4, 0.5) is 0 Å². The first-order chi connectivity index (χ1) is 12.6. The van der Waals surface area contributed by atoms with Crippen molar-refractivity contribution < 1.29 is 9.53 Å². The van der Waals surface area contributed by atoms with Crippen LogP contribution in [0.1, 0.15) is 16.1 Å². The van der Waals surface area contributed by atoms with E-state index in [1.807, 2.05) is 47.2 Å². The molecule has 1 N–H and O–H groups in total. The summed E-state index contributed by atoms with van der Waals surface area (Å²) in [6.07, 6.45) is 3.49. The van der Waals surface area contributed by atoms with Gasteiger partial charge in [0, 0.05) is 21.4 Å². The number of hydrogen-bond acceptors (Lipinski definition) is 3. The second kappa shape index (κ2) is 8.21. The van der Waals surface area contributed by atoms with E-state index < -0.39 is 0 Å². The maximum absolute atomic E-state index is 12.4. The number of amides is 1. The van der Waals surface area contributed by atoms with Gasteiger partial charge in [-0.05, 0) is 54.6 Å². The highest BCUT2D eigenvalue weighted by atomic mass is 79.9. The third-order valence-corrected chi connectivity index (χ3v) is 4.40. The van der Waals surface area contributed by atoms with Crippen molar-refractivity contribution in [3.05, 3.63) is 81.5 Å². The summed E-state index contributed by atoms with van der Waals surface area (Å²) >= 11 is 9.28. The highest BCUT2D eigenvalue weighted by molar-refractivity contribution is 9.10. The van der Waals surface area contributed by atoms with Crippen LogP contribution in [0.5, 0.6) is 5.75 Å². The van der Waals surface area contributed by atoms with Gasteiger partial charge in [-0.15, -0.1) is 0 Å². The van der Waals surface area contributed by atoms with Gasteiger partial charge in [0.2, 0.25) is 0 Å². The smallest absolute Gasteiger partial charge is 0.275 e.